The second kappa shape index (κ2) is 6.85. The number of benzene rings is 1. The third-order valence-corrected chi connectivity index (χ3v) is 6.44. The lowest BCUT2D eigenvalue weighted by Crippen LogP contribution is -2.47. The quantitative estimate of drug-likeness (QED) is 0.874. The molecule has 7 heteroatoms. The Morgan fingerprint density at radius 2 is 2.08 bits per heavy atom. The van der Waals surface area contributed by atoms with E-state index in [9.17, 15) is 13.2 Å². The third-order valence-electron chi connectivity index (χ3n) is 5.17. The molecule has 1 N–H and O–H groups in total. The first-order valence-electron chi connectivity index (χ1n) is 9.10. The van der Waals surface area contributed by atoms with E-state index in [2.05, 4.69) is 5.32 Å². The molecule has 1 aromatic rings. The molecule has 144 valence electrons. The molecule has 0 spiro atoms. The number of aryl methyl sites for hydroxylation is 1. The van der Waals surface area contributed by atoms with Crippen LogP contribution >= 0.6 is 0 Å². The van der Waals surface area contributed by atoms with Gasteiger partial charge in [-0.3, -0.25) is 4.79 Å². The number of carbonyl (C=O) groups is 1. The van der Waals surface area contributed by atoms with Crippen molar-refractivity contribution in [1.82, 2.24) is 9.62 Å². The fourth-order valence-corrected chi connectivity index (χ4v) is 4.75. The van der Waals surface area contributed by atoms with E-state index in [-0.39, 0.29) is 30.0 Å². The SMILES string of the molecule is Cc1ccc2c(c1)OC(C)(C)C[C@H]2NC(=O)[C@@H]1CCCN(S(C)(=O)=O)C1. The summed E-state index contributed by atoms with van der Waals surface area (Å²) in [4.78, 5) is 12.9. The maximum absolute atomic E-state index is 12.9. The second-order valence-corrected chi connectivity index (χ2v) is 10.1. The zero-order valence-electron chi connectivity index (χ0n) is 15.9. The van der Waals surface area contributed by atoms with Crippen LogP contribution in [0.4, 0.5) is 0 Å². The number of amides is 1. The standard InChI is InChI=1S/C19H28N2O4S/c1-13-7-8-15-16(11-19(2,3)25-17(15)10-13)20-18(22)14-6-5-9-21(12-14)26(4,23)24/h7-8,10,14,16H,5-6,9,11-12H2,1-4H3,(H,20,22)/t14-,16-/m1/s1. The lowest BCUT2D eigenvalue weighted by Gasteiger charge is -2.39. The van der Waals surface area contributed by atoms with Crippen LogP contribution in [0.25, 0.3) is 0 Å². The Morgan fingerprint density at radius 3 is 2.77 bits per heavy atom. The monoisotopic (exact) mass is 380 g/mol. The van der Waals surface area contributed by atoms with Gasteiger partial charge in [-0.2, -0.15) is 0 Å². The first kappa shape index (κ1) is 19.2. The van der Waals surface area contributed by atoms with Gasteiger partial charge in [0.25, 0.3) is 0 Å². The van der Waals surface area contributed by atoms with E-state index in [1.165, 1.54) is 10.6 Å². The molecule has 1 amide bonds. The van der Waals surface area contributed by atoms with Crippen LogP contribution in [0.15, 0.2) is 18.2 Å². The van der Waals surface area contributed by atoms with E-state index in [1.54, 1.807) is 0 Å². The van der Waals surface area contributed by atoms with Gasteiger partial charge in [-0.1, -0.05) is 12.1 Å². The summed E-state index contributed by atoms with van der Waals surface area (Å²) in [6, 6.07) is 5.90. The number of hydrogen-bond acceptors (Lipinski definition) is 4. The largest absolute Gasteiger partial charge is 0.487 e. The highest BCUT2D eigenvalue weighted by Gasteiger charge is 2.37. The second-order valence-electron chi connectivity index (χ2n) is 8.13. The van der Waals surface area contributed by atoms with Crippen molar-refractivity contribution in [2.75, 3.05) is 19.3 Å². The van der Waals surface area contributed by atoms with Crippen LogP contribution < -0.4 is 10.1 Å². The summed E-state index contributed by atoms with van der Waals surface area (Å²) in [5, 5.41) is 3.15. The van der Waals surface area contributed by atoms with E-state index in [0.717, 1.165) is 16.9 Å². The molecule has 0 radical (unpaired) electrons. The number of piperidine rings is 1. The number of sulfonamides is 1. The molecule has 2 atom stereocenters. The molecular weight excluding hydrogens is 352 g/mol. The number of carbonyl (C=O) groups excluding carboxylic acids is 1. The summed E-state index contributed by atoms with van der Waals surface area (Å²) in [7, 11) is -3.26. The molecule has 0 bridgehead atoms. The van der Waals surface area contributed by atoms with Crippen LogP contribution in [-0.2, 0) is 14.8 Å². The van der Waals surface area contributed by atoms with Crippen molar-refractivity contribution in [3.63, 3.8) is 0 Å². The molecule has 0 unspecified atom stereocenters. The average Bonchev–Trinajstić information content (AvgIpc) is 2.52. The molecule has 2 heterocycles. The molecule has 0 aliphatic carbocycles. The third kappa shape index (κ3) is 4.20. The molecule has 2 aliphatic rings. The van der Waals surface area contributed by atoms with Crippen molar-refractivity contribution in [3.8, 4) is 5.75 Å². The van der Waals surface area contributed by atoms with Gasteiger partial charge in [0.2, 0.25) is 15.9 Å². The smallest absolute Gasteiger partial charge is 0.224 e. The van der Waals surface area contributed by atoms with Gasteiger partial charge >= 0.3 is 0 Å². The van der Waals surface area contributed by atoms with Crippen LogP contribution in [0, 0.1) is 12.8 Å². The van der Waals surface area contributed by atoms with Crippen LogP contribution in [0.1, 0.15) is 50.3 Å². The van der Waals surface area contributed by atoms with Crippen molar-refractivity contribution in [1.29, 1.82) is 0 Å². The van der Waals surface area contributed by atoms with Crippen molar-refractivity contribution < 1.29 is 17.9 Å². The van der Waals surface area contributed by atoms with Crippen LogP contribution in [0.5, 0.6) is 5.75 Å². The lowest BCUT2D eigenvalue weighted by atomic mass is 9.88. The summed E-state index contributed by atoms with van der Waals surface area (Å²) >= 11 is 0. The Bertz CT molecular complexity index is 804. The number of hydrogen-bond donors (Lipinski definition) is 1. The van der Waals surface area contributed by atoms with Crippen LogP contribution in [0.3, 0.4) is 0 Å². The molecule has 0 aromatic heterocycles. The Balaban J connectivity index is 1.77. The van der Waals surface area contributed by atoms with E-state index < -0.39 is 10.0 Å². The molecule has 6 nitrogen and oxygen atoms in total. The van der Waals surface area contributed by atoms with Gasteiger partial charge < -0.3 is 10.1 Å². The summed E-state index contributed by atoms with van der Waals surface area (Å²) in [5.74, 6) is 0.430. The number of fused-ring (bicyclic) bond motifs is 1. The van der Waals surface area contributed by atoms with Crippen LogP contribution in [0.2, 0.25) is 0 Å². The Hall–Kier alpha value is -1.60. The Labute approximate surface area is 156 Å². The highest BCUT2D eigenvalue weighted by Crippen LogP contribution is 2.40. The van der Waals surface area contributed by atoms with Crippen molar-refractivity contribution >= 4 is 15.9 Å². The van der Waals surface area contributed by atoms with E-state index >= 15 is 0 Å². The molecule has 3 rings (SSSR count). The van der Waals surface area contributed by atoms with Crippen LogP contribution in [-0.4, -0.2) is 43.6 Å². The molecule has 2 aliphatic heterocycles. The Morgan fingerprint density at radius 1 is 1.35 bits per heavy atom. The fourth-order valence-electron chi connectivity index (χ4n) is 3.83. The van der Waals surface area contributed by atoms with E-state index in [1.807, 2.05) is 39.0 Å². The topological polar surface area (TPSA) is 75.7 Å². The van der Waals surface area contributed by atoms with Gasteiger partial charge in [-0.05, 0) is 45.2 Å². The summed E-state index contributed by atoms with van der Waals surface area (Å²) in [5.41, 5.74) is 1.73. The summed E-state index contributed by atoms with van der Waals surface area (Å²) in [6.45, 7) is 6.81. The number of nitrogens with zero attached hydrogens (tertiary/aromatic N) is 1. The molecule has 1 saturated heterocycles. The van der Waals surface area contributed by atoms with Crippen molar-refractivity contribution in [2.45, 2.75) is 51.7 Å². The molecule has 1 aromatic carbocycles. The highest BCUT2D eigenvalue weighted by atomic mass is 32.2. The van der Waals surface area contributed by atoms with Gasteiger partial charge in [0.1, 0.15) is 11.4 Å². The first-order chi connectivity index (χ1) is 12.0. The van der Waals surface area contributed by atoms with Crippen molar-refractivity contribution in [3.05, 3.63) is 29.3 Å². The molecule has 26 heavy (non-hydrogen) atoms. The zero-order valence-corrected chi connectivity index (χ0v) is 16.7. The first-order valence-corrected chi connectivity index (χ1v) is 10.9. The number of nitrogens with one attached hydrogen (secondary N) is 1. The zero-order chi connectivity index (χ0) is 19.1. The minimum absolute atomic E-state index is 0.0763. The van der Waals surface area contributed by atoms with Gasteiger partial charge in [0.15, 0.2) is 0 Å². The average molecular weight is 381 g/mol. The summed E-state index contributed by atoms with van der Waals surface area (Å²) < 4.78 is 31.1. The maximum Gasteiger partial charge on any atom is 0.224 e. The van der Waals surface area contributed by atoms with E-state index in [0.29, 0.717) is 25.8 Å². The molecule has 0 saturated carbocycles. The van der Waals surface area contributed by atoms with Gasteiger partial charge in [-0.25, -0.2) is 12.7 Å². The van der Waals surface area contributed by atoms with Gasteiger partial charge in [0.05, 0.1) is 18.2 Å². The normalized spacial score (nSPS) is 25.8. The summed E-state index contributed by atoms with van der Waals surface area (Å²) in [6.07, 6.45) is 3.30. The van der Waals surface area contributed by atoms with Crippen molar-refractivity contribution in [2.24, 2.45) is 5.92 Å². The number of ether oxygens (including phenoxy) is 1. The fraction of sp³-hybridized carbons (Fsp3) is 0.632. The highest BCUT2D eigenvalue weighted by molar-refractivity contribution is 7.88. The predicted octanol–water partition coefficient (Wildman–Crippen LogP) is 2.39. The van der Waals surface area contributed by atoms with E-state index in [4.69, 9.17) is 4.74 Å². The Kier molecular flexibility index (Phi) is 5.05. The molecule has 1 fully saturated rings. The minimum atomic E-state index is -3.26. The molecular formula is C19H28N2O4S. The number of rotatable bonds is 3. The predicted molar refractivity (Wildman–Crippen MR) is 101 cm³/mol. The van der Waals surface area contributed by atoms with Gasteiger partial charge in [0, 0.05) is 25.1 Å². The minimum Gasteiger partial charge on any atom is -0.487 e. The maximum atomic E-state index is 12.9. The van der Waals surface area contributed by atoms with Gasteiger partial charge in [-0.15, -0.1) is 0 Å². The lowest BCUT2D eigenvalue weighted by molar-refractivity contribution is -0.127.